The second kappa shape index (κ2) is 3.62. The van der Waals surface area contributed by atoms with Gasteiger partial charge in [-0.05, 0) is 24.8 Å². The van der Waals surface area contributed by atoms with Crippen molar-refractivity contribution in [3.63, 3.8) is 0 Å². The van der Waals surface area contributed by atoms with Gasteiger partial charge in [0.1, 0.15) is 0 Å². The highest BCUT2D eigenvalue weighted by atomic mass is 14.9. The maximum atomic E-state index is 6.87. The molecular weight excluding hydrogens is 136 g/mol. The van der Waals surface area contributed by atoms with Gasteiger partial charge in [0.2, 0.25) is 0 Å². The summed E-state index contributed by atoms with van der Waals surface area (Å²) >= 11 is 0. The molecule has 0 radical (unpaired) electrons. The molecule has 0 spiro atoms. The normalized spacial score (nSPS) is 18.9. The standard InChI is InChI=1S/C9H10N2/c1-3-8(10-2)9-6-4-5-7-11-9/h4-7,11H,3H2,1H3. The molecule has 2 heteroatoms. The van der Waals surface area contributed by atoms with E-state index in [1.54, 1.807) is 0 Å². The largest absolute Gasteiger partial charge is 0.371 e. The summed E-state index contributed by atoms with van der Waals surface area (Å²) in [4.78, 5) is 3.41. The van der Waals surface area contributed by atoms with E-state index in [4.69, 9.17) is 6.57 Å². The van der Waals surface area contributed by atoms with E-state index in [2.05, 4.69) is 10.2 Å². The molecule has 56 valence electrons. The lowest BCUT2D eigenvalue weighted by molar-refractivity contribution is 1.01. The molecule has 0 aromatic carbocycles. The van der Waals surface area contributed by atoms with Crippen LogP contribution in [-0.4, -0.2) is 0 Å². The van der Waals surface area contributed by atoms with Crippen LogP contribution in [0.5, 0.6) is 0 Å². The summed E-state index contributed by atoms with van der Waals surface area (Å²) in [6, 6.07) is 0. The van der Waals surface area contributed by atoms with E-state index in [-0.39, 0.29) is 0 Å². The summed E-state index contributed by atoms with van der Waals surface area (Å²) < 4.78 is 0. The lowest BCUT2D eigenvalue weighted by Gasteiger charge is -2.06. The van der Waals surface area contributed by atoms with Crippen molar-refractivity contribution >= 4 is 0 Å². The summed E-state index contributed by atoms with van der Waals surface area (Å²) in [5.41, 5.74) is 1.70. The minimum Gasteiger partial charge on any atom is -0.371 e. The Morgan fingerprint density at radius 3 is 2.91 bits per heavy atom. The van der Waals surface area contributed by atoms with Crippen LogP contribution in [0.1, 0.15) is 13.3 Å². The molecule has 0 amide bonds. The van der Waals surface area contributed by atoms with Crippen LogP contribution in [0, 0.1) is 6.57 Å². The fraction of sp³-hybridized carbons (Fsp3) is 0.222. The summed E-state index contributed by atoms with van der Waals surface area (Å²) in [6.07, 6.45) is 8.35. The molecule has 0 aromatic rings. The van der Waals surface area contributed by atoms with Gasteiger partial charge in [-0.15, -0.1) is 0 Å². The van der Waals surface area contributed by atoms with Crippen molar-refractivity contribution < 1.29 is 0 Å². The molecule has 1 N–H and O–H groups in total. The summed E-state index contributed by atoms with van der Waals surface area (Å²) in [5.74, 6) is 0. The van der Waals surface area contributed by atoms with Crippen molar-refractivity contribution in [2.24, 2.45) is 0 Å². The molecule has 1 rings (SSSR count). The average molecular weight is 146 g/mol. The number of nitrogens with zero attached hydrogens (tertiary/aromatic N) is 1. The van der Waals surface area contributed by atoms with Crippen molar-refractivity contribution in [3.8, 4) is 0 Å². The van der Waals surface area contributed by atoms with Crippen LogP contribution in [0.4, 0.5) is 0 Å². The van der Waals surface area contributed by atoms with E-state index in [0.29, 0.717) is 0 Å². The molecule has 0 atom stereocenters. The van der Waals surface area contributed by atoms with Gasteiger partial charge < -0.3 is 5.32 Å². The van der Waals surface area contributed by atoms with Gasteiger partial charge in [-0.3, -0.25) is 0 Å². The van der Waals surface area contributed by atoms with E-state index in [9.17, 15) is 0 Å². The zero-order valence-electron chi connectivity index (χ0n) is 6.46. The quantitative estimate of drug-likeness (QED) is 0.561. The molecule has 0 aliphatic carbocycles. The highest BCUT2D eigenvalue weighted by Crippen LogP contribution is 2.10. The van der Waals surface area contributed by atoms with E-state index in [1.807, 2.05) is 31.4 Å². The highest BCUT2D eigenvalue weighted by molar-refractivity contribution is 5.33. The maximum Gasteiger partial charge on any atom is 0.187 e. The van der Waals surface area contributed by atoms with Gasteiger partial charge in [0.05, 0.1) is 6.57 Å². The van der Waals surface area contributed by atoms with Gasteiger partial charge in [-0.25, -0.2) is 4.85 Å². The zero-order chi connectivity index (χ0) is 8.10. The van der Waals surface area contributed by atoms with Crippen LogP contribution in [0.15, 0.2) is 35.8 Å². The van der Waals surface area contributed by atoms with Crippen LogP contribution in [0.25, 0.3) is 4.85 Å². The molecule has 1 aliphatic rings. The zero-order valence-corrected chi connectivity index (χ0v) is 6.46. The first kappa shape index (κ1) is 7.62. The lowest BCUT2D eigenvalue weighted by Crippen LogP contribution is -2.06. The molecule has 0 aromatic heterocycles. The number of rotatable bonds is 1. The third-order valence-corrected chi connectivity index (χ3v) is 1.49. The van der Waals surface area contributed by atoms with Gasteiger partial charge in [-0.1, -0.05) is 13.0 Å². The Bertz CT molecular complexity index is 264. The van der Waals surface area contributed by atoms with Gasteiger partial charge in [0.15, 0.2) is 5.70 Å². The molecule has 0 bridgehead atoms. The third-order valence-electron chi connectivity index (χ3n) is 1.49. The summed E-state index contributed by atoms with van der Waals surface area (Å²) in [6.45, 7) is 8.85. The van der Waals surface area contributed by atoms with Crippen molar-refractivity contribution in [3.05, 3.63) is 47.2 Å². The van der Waals surface area contributed by atoms with Crippen molar-refractivity contribution in [1.29, 1.82) is 0 Å². The molecule has 0 saturated heterocycles. The molecular formula is C9H10N2. The molecule has 0 fully saturated rings. The van der Waals surface area contributed by atoms with Crippen LogP contribution in [0.3, 0.4) is 0 Å². The third kappa shape index (κ3) is 1.71. The second-order valence-electron chi connectivity index (χ2n) is 2.19. The topological polar surface area (TPSA) is 16.4 Å². The number of dihydropyridines is 1. The van der Waals surface area contributed by atoms with Gasteiger partial charge in [-0.2, -0.15) is 0 Å². The lowest BCUT2D eigenvalue weighted by atomic mass is 10.2. The van der Waals surface area contributed by atoms with Gasteiger partial charge >= 0.3 is 0 Å². The molecule has 0 unspecified atom stereocenters. The van der Waals surface area contributed by atoms with Crippen LogP contribution >= 0.6 is 0 Å². The average Bonchev–Trinajstić information content (AvgIpc) is 2.09. The van der Waals surface area contributed by atoms with Crippen molar-refractivity contribution in [2.75, 3.05) is 0 Å². The van der Waals surface area contributed by atoms with E-state index in [1.165, 1.54) is 0 Å². The Morgan fingerprint density at radius 1 is 1.64 bits per heavy atom. The Labute approximate surface area is 66.7 Å². The second-order valence-corrected chi connectivity index (χ2v) is 2.19. The van der Waals surface area contributed by atoms with Crippen LogP contribution < -0.4 is 5.32 Å². The first-order valence-corrected chi connectivity index (χ1v) is 3.59. The maximum absolute atomic E-state index is 6.87. The van der Waals surface area contributed by atoms with Gasteiger partial charge in [0.25, 0.3) is 0 Å². The summed E-state index contributed by atoms with van der Waals surface area (Å²) in [7, 11) is 0. The Hall–Kier alpha value is -1.49. The predicted octanol–water partition coefficient (Wildman–Crippen LogP) is 2.20. The van der Waals surface area contributed by atoms with Crippen LogP contribution in [-0.2, 0) is 0 Å². The molecule has 2 nitrogen and oxygen atoms in total. The number of allylic oxidation sites excluding steroid dienone is 4. The highest BCUT2D eigenvalue weighted by Gasteiger charge is 2.00. The molecule has 1 heterocycles. The summed E-state index contributed by atoms with van der Waals surface area (Å²) in [5, 5.41) is 3.02. The first-order valence-electron chi connectivity index (χ1n) is 3.59. The number of hydrogen-bond donors (Lipinski definition) is 1. The fourth-order valence-corrected chi connectivity index (χ4v) is 0.903. The first-order chi connectivity index (χ1) is 5.38. The fourth-order valence-electron chi connectivity index (χ4n) is 0.903. The molecule has 0 saturated carbocycles. The Morgan fingerprint density at radius 2 is 2.45 bits per heavy atom. The van der Waals surface area contributed by atoms with E-state index >= 15 is 0 Å². The van der Waals surface area contributed by atoms with Crippen molar-refractivity contribution in [1.82, 2.24) is 5.32 Å². The minimum atomic E-state index is 0.782. The van der Waals surface area contributed by atoms with Crippen molar-refractivity contribution in [2.45, 2.75) is 13.3 Å². The molecule has 1 aliphatic heterocycles. The van der Waals surface area contributed by atoms with E-state index in [0.717, 1.165) is 17.8 Å². The monoisotopic (exact) mass is 146 g/mol. The Kier molecular flexibility index (Phi) is 2.51. The van der Waals surface area contributed by atoms with Gasteiger partial charge in [0, 0.05) is 5.70 Å². The van der Waals surface area contributed by atoms with E-state index < -0.39 is 0 Å². The molecule has 11 heavy (non-hydrogen) atoms. The predicted molar refractivity (Wildman–Crippen MR) is 45.3 cm³/mol. The Balaban J connectivity index is 2.88. The smallest absolute Gasteiger partial charge is 0.187 e. The SMILES string of the molecule is [C-]#[N+]C(CC)=C1C=CC=CN1. The van der Waals surface area contributed by atoms with Crippen LogP contribution in [0.2, 0.25) is 0 Å². The minimum absolute atomic E-state index is 0.782. The number of nitrogens with one attached hydrogen (secondary N) is 1. The number of hydrogen-bond acceptors (Lipinski definition) is 1.